The fraction of sp³-hybridized carbons (Fsp3) is 0.111. The van der Waals surface area contributed by atoms with E-state index in [1.807, 2.05) is 43.3 Å². The first-order valence-corrected chi connectivity index (χ1v) is 8.03. The monoisotopic (exact) mass is 370 g/mol. The number of nitriles is 1. The largest absolute Gasteiger partial charge is 0.347 e. The predicted octanol–water partition coefficient (Wildman–Crippen LogP) is 4.12. The molecule has 0 bridgehead atoms. The van der Waals surface area contributed by atoms with Crippen LogP contribution in [0.2, 0.25) is 5.02 Å². The van der Waals surface area contributed by atoms with E-state index in [2.05, 4.69) is 5.32 Å². The Hall–Kier alpha value is -3.37. The SMILES string of the molecule is CCN(/C=C(/C#N)C(=O)Nc1ccc(Cl)c([N+](=O)[O-])c1)c1ccccc1. The Balaban J connectivity index is 2.25. The molecule has 0 atom stereocenters. The summed E-state index contributed by atoms with van der Waals surface area (Å²) in [6, 6.07) is 15.0. The molecule has 2 aromatic rings. The Labute approximate surface area is 155 Å². The van der Waals surface area contributed by atoms with E-state index < -0.39 is 10.8 Å². The van der Waals surface area contributed by atoms with Gasteiger partial charge in [-0.2, -0.15) is 5.26 Å². The molecule has 0 radical (unpaired) electrons. The number of carbonyl (C=O) groups is 1. The van der Waals surface area contributed by atoms with Gasteiger partial charge in [-0.25, -0.2) is 0 Å². The average molecular weight is 371 g/mol. The highest BCUT2D eigenvalue weighted by atomic mass is 35.5. The molecular weight excluding hydrogens is 356 g/mol. The molecule has 26 heavy (non-hydrogen) atoms. The normalized spacial score (nSPS) is 10.7. The number of nitrogens with zero attached hydrogens (tertiary/aromatic N) is 3. The van der Waals surface area contributed by atoms with Crippen molar-refractivity contribution in [2.24, 2.45) is 0 Å². The number of benzene rings is 2. The Morgan fingerprint density at radius 2 is 2.04 bits per heavy atom. The number of hydrogen-bond donors (Lipinski definition) is 1. The third-order valence-electron chi connectivity index (χ3n) is 3.48. The Kier molecular flexibility index (Phi) is 6.31. The van der Waals surface area contributed by atoms with Crippen molar-refractivity contribution >= 4 is 34.6 Å². The molecule has 0 aliphatic rings. The van der Waals surface area contributed by atoms with Crippen LogP contribution in [-0.4, -0.2) is 17.4 Å². The van der Waals surface area contributed by atoms with Gasteiger partial charge in [0.25, 0.3) is 11.6 Å². The van der Waals surface area contributed by atoms with E-state index in [1.165, 1.54) is 18.3 Å². The summed E-state index contributed by atoms with van der Waals surface area (Å²) < 4.78 is 0. The van der Waals surface area contributed by atoms with Gasteiger partial charge in [-0.3, -0.25) is 14.9 Å². The van der Waals surface area contributed by atoms with Gasteiger partial charge in [0.15, 0.2) is 0 Å². The number of para-hydroxylation sites is 1. The second-order valence-electron chi connectivity index (χ2n) is 5.15. The van der Waals surface area contributed by atoms with Gasteiger partial charge in [-0.1, -0.05) is 29.8 Å². The zero-order valence-electron chi connectivity index (χ0n) is 13.8. The minimum absolute atomic E-state index is 0.0368. The van der Waals surface area contributed by atoms with Crippen LogP contribution in [0.4, 0.5) is 17.1 Å². The Morgan fingerprint density at radius 3 is 2.62 bits per heavy atom. The van der Waals surface area contributed by atoms with Crippen molar-refractivity contribution in [3.63, 3.8) is 0 Å². The molecule has 0 saturated carbocycles. The number of nitro benzene ring substituents is 1. The van der Waals surface area contributed by atoms with Gasteiger partial charge < -0.3 is 10.2 Å². The number of hydrogen-bond acceptors (Lipinski definition) is 5. The van der Waals surface area contributed by atoms with Crippen molar-refractivity contribution in [2.45, 2.75) is 6.92 Å². The maximum absolute atomic E-state index is 12.4. The topological polar surface area (TPSA) is 99.3 Å². The quantitative estimate of drug-likeness (QED) is 0.357. The number of amides is 1. The fourth-order valence-electron chi connectivity index (χ4n) is 2.19. The summed E-state index contributed by atoms with van der Waals surface area (Å²) in [5, 5.41) is 22.7. The van der Waals surface area contributed by atoms with Gasteiger partial charge in [0.05, 0.1) is 4.92 Å². The van der Waals surface area contributed by atoms with E-state index in [9.17, 15) is 20.2 Å². The molecule has 8 heteroatoms. The first kappa shape index (κ1) is 19.0. The smallest absolute Gasteiger partial charge is 0.289 e. The lowest BCUT2D eigenvalue weighted by atomic mass is 10.2. The van der Waals surface area contributed by atoms with Crippen LogP contribution in [0, 0.1) is 21.4 Å². The summed E-state index contributed by atoms with van der Waals surface area (Å²) in [7, 11) is 0. The summed E-state index contributed by atoms with van der Waals surface area (Å²) in [5.41, 5.74) is 0.549. The van der Waals surface area contributed by atoms with Gasteiger partial charge in [0, 0.05) is 30.2 Å². The molecule has 0 unspecified atom stereocenters. The van der Waals surface area contributed by atoms with E-state index in [4.69, 9.17) is 11.6 Å². The van der Waals surface area contributed by atoms with Gasteiger partial charge in [0.2, 0.25) is 0 Å². The number of nitro groups is 1. The van der Waals surface area contributed by atoms with E-state index in [0.29, 0.717) is 6.54 Å². The molecule has 0 aromatic heterocycles. The highest BCUT2D eigenvalue weighted by Gasteiger charge is 2.16. The lowest BCUT2D eigenvalue weighted by molar-refractivity contribution is -0.384. The fourth-order valence-corrected chi connectivity index (χ4v) is 2.38. The zero-order chi connectivity index (χ0) is 19.1. The summed E-state index contributed by atoms with van der Waals surface area (Å²) in [6.07, 6.45) is 1.44. The summed E-state index contributed by atoms with van der Waals surface area (Å²) >= 11 is 5.75. The summed E-state index contributed by atoms with van der Waals surface area (Å²) in [4.78, 5) is 24.4. The van der Waals surface area contributed by atoms with Gasteiger partial charge in [0.1, 0.15) is 16.7 Å². The standard InChI is InChI=1S/C18H15ClN4O3/c1-2-22(15-6-4-3-5-7-15)12-13(11-20)18(24)21-14-8-9-16(19)17(10-14)23(25)26/h3-10,12H,2H2,1H3,(H,21,24)/b13-12-. The lowest BCUT2D eigenvalue weighted by Crippen LogP contribution is -2.20. The Morgan fingerprint density at radius 1 is 1.35 bits per heavy atom. The van der Waals surface area contributed by atoms with Crippen molar-refractivity contribution < 1.29 is 9.72 Å². The highest BCUT2D eigenvalue weighted by molar-refractivity contribution is 6.32. The van der Waals surface area contributed by atoms with Crippen molar-refractivity contribution in [3.8, 4) is 6.07 Å². The van der Waals surface area contributed by atoms with E-state index in [0.717, 1.165) is 11.8 Å². The number of nitrogens with one attached hydrogen (secondary N) is 1. The molecular formula is C18H15ClN4O3. The predicted molar refractivity (Wildman–Crippen MR) is 99.9 cm³/mol. The Bertz CT molecular complexity index is 891. The summed E-state index contributed by atoms with van der Waals surface area (Å²) in [5.74, 6) is -0.668. The van der Waals surface area contributed by atoms with Crippen LogP contribution in [0.1, 0.15) is 6.92 Å². The van der Waals surface area contributed by atoms with Crippen molar-refractivity contribution in [1.82, 2.24) is 0 Å². The van der Waals surface area contributed by atoms with E-state index >= 15 is 0 Å². The zero-order valence-corrected chi connectivity index (χ0v) is 14.6. The van der Waals surface area contributed by atoms with Crippen LogP contribution in [0.25, 0.3) is 0 Å². The van der Waals surface area contributed by atoms with Crippen LogP contribution in [0.3, 0.4) is 0 Å². The second-order valence-corrected chi connectivity index (χ2v) is 5.56. The maximum Gasteiger partial charge on any atom is 0.289 e. The van der Waals surface area contributed by atoms with Crippen LogP contribution in [-0.2, 0) is 4.79 Å². The molecule has 0 aliphatic carbocycles. The first-order chi connectivity index (χ1) is 12.5. The minimum Gasteiger partial charge on any atom is -0.347 e. The van der Waals surface area contributed by atoms with Gasteiger partial charge >= 0.3 is 0 Å². The lowest BCUT2D eigenvalue weighted by Gasteiger charge is -2.18. The van der Waals surface area contributed by atoms with Crippen LogP contribution in [0.5, 0.6) is 0 Å². The van der Waals surface area contributed by atoms with Crippen molar-refractivity contribution in [2.75, 3.05) is 16.8 Å². The minimum atomic E-state index is -0.668. The molecule has 2 rings (SSSR count). The van der Waals surface area contributed by atoms with Crippen molar-refractivity contribution in [1.29, 1.82) is 5.26 Å². The third kappa shape index (κ3) is 4.59. The van der Waals surface area contributed by atoms with Crippen LogP contribution < -0.4 is 10.2 Å². The molecule has 1 N–H and O–H groups in total. The molecule has 0 aliphatic heterocycles. The molecule has 1 amide bonds. The highest BCUT2D eigenvalue weighted by Crippen LogP contribution is 2.27. The maximum atomic E-state index is 12.4. The van der Waals surface area contributed by atoms with Crippen LogP contribution >= 0.6 is 11.6 Å². The molecule has 2 aromatic carbocycles. The van der Waals surface area contributed by atoms with Crippen molar-refractivity contribution in [3.05, 3.63) is 75.4 Å². The number of rotatable bonds is 6. The van der Waals surface area contributed by atoms with E-state index in [-0.39, 0.29) is 22.0 Å². The molecule has 7 nitrogen and oxygen atoms in total. The summed E-state index contributed by atoms with van der Waals surface area (Å²) in [6.45, 7) is 2.44. The molecule has 132 valence electrons. The van der Waals surface area contributed by atoms with Crippen LogP contribution in [0.15, 0.2) is 60.3 Å². The number of carbonyl (C=O) groups excluding carboxylic acids is 1. The van der Waals surface area contributed by atoms with Gasteiger partial charge in [-0.15, -0.1) is 0 Å². The van der Waals surface area contributed by atoms with Gasteiger partial charge in [-0.05, 0) is 31.2 Å². The average Bonchev–Trinajstić information content (AvgIpc) is 2.64. The number of anilines is 2. The third-order valence-corrected chi connectivity index (χ3v) is 3.80. The number of halogens is 1. The molecule has 0 spiro atoms. The molecule has 0 heterocycles. The molecule has 0 saturated heterocycles. The van der Waals surface area contributed by atoms with E-state index in [1.54, 1.807) is 4.90 Å². The molecule has 0 fully saturated rings. The second kappa shape index (κ2) is 8.65. The first-order valence-electron chi connectivity index (χ1n) is 7.65.